The van der Waals surface area contributed by atoms with Gasteiger partial charge in [0.1, 0.15) is 0 Å². The monoisotopic (exact) mass is 294 g/mol. The van der Waals surface area contributed by atoms with E-state index in [0.29, 0.717) is 5.02 Å². The van der Waals surface area contributed by atoms with Gasteiger partial charge in [-0.05, 0) is 38.1 Å². The number of hydrogen-bond acceptors (Lipinski definition) is 3. The van der Waals surface area contributed by atoms with E-state index in [4.69, 9.17) is 11.6 Å². The highest BCUT2D eigenvalue weighted by Crippen LogP contribution is 2.13. The number of quaternary nitrogens is 1. The predicted molar refractivity (Wildman–Crippen MR) is 71.4 cm³/mol. The van der Waals surface area contributed by atoms with E-state index in [0.717, 1.165) is 0 Å². The first-order valence-corrected chi connectivity index (χ1v) is 6.76. The maximum absolute atomic E-state index is 11.7. The predicted octanol–water partition coefficient (Wildman–Crippen LogP) is 2.11. The number of rotatable bonds is 3. The molecule has 0 atom stereocenters. The SMILES string of the molecule is CC(C)NC(=O)NS(=O)(=O)c1ccc(Cl)cc1.[NH4+]. The Kier molecular flexibility index (Phi) is 6.10. The van der Waals surface area contributed by atoms with Crippen LogP contribution >= 0.6 is 11.6 Å². The normalized spacial score (nSPS) is 10.7. The van der Waals surface area contributed by atoms with Crippen LogP contribution < -0.4 is 16.2 Å². The molecule has 0 heterocycles. The van der Waals surface area contributed by atoms with Crippen molar-refractivity contribution in [2.24, 2.45) is 0 Å². The quantitative estimate of drug-likeness (QED) is 0.793. The second-order valence-corrected chi connectivity index (χ2v) is 5.81. The third-order valence-corrected chi connectivity index (χ3v) is 3.37. The van der Waals surface area contributed by atoms with Gasteiger partial charge >= 0.3 is 6.03 Å². The zero-order valence-electron chi connectivity index (χ0n) is 10.4. The van der Waals surface area contributed by atoms with Crippen molar-refractivity contribution in [1.29, 1.82) is 0 Å². The summed E-state index contributed by atoms with van der Waals surface area (Å²) in [6.45, 7) is 3.46. The van der Waals surface area contributed by atoms with Crippen molar-refractivity contribution in [3.05, 3.63) is 29.3 Å². The molecule has 0 saturated heterocycles. The molecule has 0 spiro atoms. The Morgan fingerprint density at radius 3 is 2.17 bits per heavy atom. The molecular formula is C10H17ClN3O3S+. The molecule has 8 heteroatoms. The molecule has 2 amide bonds. The largest absolute Gasteiger partial charge is 0.369 e. The smallest absolute Gasteiger partial charge is 0.328 e. The molecule has 1 aromatic carbocycles. The van der Waals surface area contributed by atoms with Crippen molar-refractivity contribution >= 4 is 27.7 Å². The van der Waals surface area contributed by atoms with E-state index in [1.54, 1.807) is 13.8 Å². The maximum Gasteiger partial charge on any atom is 0.328 e. The summed E-state index contributed by atoms with van der Waals surface area (Å²) in [5.74, 6) is 0. The first-order chi connectivity index (χ1) is 7.81. The molecule has 6 nitrogen and oxygen atoms in total. The summed E-state index contributed by atoms with van der Waals surface area (Å²) in [7, 11) is -3.84. The highest BCUT2D eigenvalue weighted by molar-refractivity contribution is 7.90. The lowest BCUT2D eigenvalue weighted by atomic mass is 10.4. The van der Waals surface area contributed by atoms with Crippen molar-refractivity contribution in [2.75, 3.05) is 0 Å². The lowest BCUT2D eigenvalue weighted by Crippen LogP contribution is -2.42. The van der Waals surface area contributed by atoms with Gasteiger partial charge in [-0.3, -0.25) is 0 Å². The highest BCUT2D eigenvalue weighted by atomic mass is 35.5. The zero-order chi connectivity index (χ0) is 13.1. The summed E-state index contributed by atoms with van der Waals surface area (Å²) in [6, 6.07) is 4.64. The average Bonchev–Trinajstić information content (AvgIpc) is 2.15. The highest BCUT2D eigenvalue weighted by Gasteiger charge is 2.17. The van der Waals surface area contributed by atoms with E-state index < -0.39 is 16.1 Å². The van der Waals surface area contributed by atoms with Gasteiger partial charge in [-0.25, -0.2) is 17.9 Å². The van der Waals surface area contributed by atoms with Crippen LogP contribution in [0.4, 0.5) is 4.79 Å². The van der Waals surface area contributed by atoms with Gasteiger partial charge in [-0.15, -0.1) is 0 Å². The van der Waals surface area contributed by atoms with E-state index in [1.807, 2.05) is 4.72 Å². The number of urea groups is 1. The van der Waals surface area contributed by atoms with Crippen molar-refractivity contribution < 1.29 is 13.2 Å². The van der Waals surface area contributed by atoms with Gasteiger partial charge in [0, 0.05) is 11.1 Å². The van der Waals surface area contributed by atoms with Gasteiger partial charge in [-0.2, -0.15) is 0 Å². The molecule has 0 unspecified atom stereocenters. The molecule has 0 radical (unpaired) electrons. The molecule has 0 aliphatic heterocycles. The molecule has 18 heavy (non-hydrogen) atoms. The summed E-state index contributed by atoms with van der Waals surface area (Å²) < 4.78 is 25.3. The van der Waals surface area contributed by atoms with Gasteiger partial charge in [0.15, 0.2) is 0 Å². The number of carbonyl (C=O) groups excluding carboxylic acids is 1. The lowest BCUT2D eigenvalue weighted by Gasteiger charge is -2.10. The molecule has 0 aromatic heterocycles. The number of nitrogens with one attached hydrogen (secondary N) is 2. The van der Waals surface area contributed by atoms with Crippen LogP contribution in [-0.2, 0) is 10.0 Å². The Hall–Kier alpha value is -1.31. The first-order valence-electron chi connectivity index (χ1n) is 4.90. The molecule has 0 saturated carbocycles. The fourth-order valence-corrected chi connectivity index (χ4v) is 2.13. The molecule has 1 aromatic rings. The number of carbonyl (C=O) groups is 1. The summed E-state index contributed by atoms with van der Waals surface area (Å²) in [4.78, 5) is 11.3. The second kappa shape index (κ2) is 6.58. The molecule has 0 aliphatic carbocycles. The minimum atomic E-state index is -3.84. The Balaban J connectivity index is 0.00000289. The first kappa shape index (κ1) is 16.7. The second-order valence-electron chi connectivity index (χ2n) is 3.69. The van der Waals surface area contributed by atoms with Crippen LogP contribution in [0.3, 0.4) is 0 Å². The summed E-state index contributed by atoms with van der Waals surface area (Å²) in [5, 5.41) is 2.85. The van der Waals surface area contributed by atoms with Crippen LogP contribution in [-0.4, -0.2) is 20.5 Å². The number of halogens is 1. The minimum Gasteiger partial charge on any atom is -0.369 e. The lowest BCUT2D eigenvalue weighted by molar-refractivity contribution is 0.243. The van der Waals surface area contributed by atoms with Crippen LogP contribution in [0.25, 0.3) is 0 Å². The van der Waals surface area contributed by atoms with E-state index in [-0.39, 0.29) is 17.1 Å². The van der Waals surface area contributed by atoms with Crippen molar-refractivity contribution in [1.82, 2.24) is 16.2 Å². The third kappa shape index (κ3) is 4.91. The topological polar surface area (TPSA) is 112 Å². The van der Waals surface area contributed by atoms with E-state index >= 15 is 0 Å². The van der Waals surface area contributed by atoms with Gasteiger partial charge in [0.25, 0.3) is 10.0 Å². The molecule has 0 aliphatic rings. The minimum absolute atomic E-state index is 0. The summed E-state index contributed by atoms with van der Waals surface area (Å²) >= 11 is 5.64. The summed E-state index contributed by atoms with van der Waals surface area (Å²) in [6.07, 6.45) is 0. The number of hydrogen-bond donors (Lipinski definition) is 3. The van der Waals surface area contributed by atoms with E-state index in [9.17, 15) is 13.2 Å². The third-order valence-electron chi connectivity index (χ3n) is 1.77. The fraction of sp³-hybridized carbons (Fsp3) is 0.300. The van der Waals surface area contributed by atoms with Gasteiger partial charge in [-0.1, -0.05) is 11.6 Å². The van der Waals surface area contributed by atoms with Crippen LogP contribution in [0.15, 0.2) is 29.2 Å². The van der Waals surface area contributed by atoms with E-state index in [2.05, 4.69) is 5.32 Å². The fourth-order valence-electron chi connectivity index (χ4n) is 1.09. The van der Waals surface area contributed by atoms with Gasteiger partial charge < -0.3 is 11.5 Å². The molecule has 6 N–H and O–H groups in total. The van der Waals surface area contributed by atoms with Crippen LogP contribution in [0, 0.1) is 0 Å². The molecule has 0 fully saturated rings. The van der Waals surface area contributed by atoms with Crippen LogP contribution in [0.5, 0.6) is 0 Å². The van der Waals surface area contributed by atoms with Gasteiger partial charge in [0.05, 0.1) is 4.90 Å². The Morgan fingerprint density at radius 2 is 1.72 bits per heavy atom. The number of benzene rings is 1. The molecular weight excluding hydrogens is 278 g/mol. The molecule has 102 valence electrons. The molecule has 1 rings (SSSR count). The number of sulfonamides is 1. The Morgan fingerprint density at radius 1 is 1.22 bits per heavy atom. The maximum atomic E-state index is 11.7. The zero-order valence-corrected chi connectivity index (χ0v) is 12.0. The van der Waals surface area contributed by atoms with Crippen molar-refractivity contribution in [3.63, 3.8) is 0 Å². The van der Waals surface area contributed by atoms with E-state index in [1.165, 1.54) is 24.3 Å². The van der Waals surface area contributed by atoms with Crippen LogP contribution in [0.1, 0.15) is 13.8 Å². The standard InChI is InChI=1S/C10H13ClN2O3S.H3N/c1-7(2)12-10(14)13-17(15,16)9-5-3-8(11)4-6-9;/h3-7H,1-2H3,(H2,12,13,14);1H3/p+1. The summed E-state index contributed by atoms with van der Waals surface area (Å²) in [5.41, 5.74) is 0. The van der Waals surface area contributed by atoms with Crippen molar-refractivity contribution in [2.45, 2.75) is 24.8 Å². The average molecular weight is 295 g/mol. The number of amides is 2. The Bertz CT molecular complexity index is 500. The Labute approximate surface area is 111 Å². The van der Waals surface area contributed by atoms with Gasteiger partial charge in [0.2, 0.25) is 0 Å². The van der Waals surface area contributed by atoms with Crippen LogP contribution in [0.2, 0.25) is 5.02 Å². The molecule has 0 bridgehead atoms. The van der Waals surface area contributed by atoms with Crippen molar-refractivity contribution in [3.8, 4) is 0 Å².